The zero-order chi connectivity index (χ0) is 25.0. The molecule has 35 heavy (non-hydrogen) atoms. The van der Waals surface area contributed by atoms with Gasteiger partial charge in [0, 0.05) is 31.1 Å². The average molecular weight is 499 g/mol. The molecule has 0 bridgehead atoms. The molecule has 1 amide bonds. The Labute approximate surface area is 203 Å². The summed E-state index contributed by atoms with van der Waals surface area (Å²) in [5.74, 6) is 0.0322. The summed E-state index contributed by atoms with van der Waals surface area (Å²) in [6, 6.07) is 18.0. The number of thioether (sulfide) groups is 1. The minimum absolute atomic E-state index is 0.0289. The zero-order valence-corrected chi connectivity index (χ0v) is 19.5. The Morgan fingerprint density at radius 3 is 2.49 bits per heavy atom. The summed E-state index contributed by atoms with van der Waals surface area (Å²) in [5.41, 5.74) is -0.0461. The van der Waals surface area contributed by atoms with Crippen LogP contribution < -0.4 is 5.32 Å². The molecule has 10 heteroatoms. The second-order valence-corrected chi connectivity index (χ2v) is 8.73. The highest BCUT2D eigenvalue weighted by molar-refractivity contribution is 7.99. The van der Waals surface area contributed by atoms with Gasteiger partial charge in [0.05, 0.1) is 11.3 Å². The Bertz CT molecular complexity index is 1380. The molecule has 0 aliphatic rings. The van der Waals surface area contributed by atoms with Crippen LogP contribution in [-0.4, -0.2) is 38.8 Å². The number of benzene rings is 3. The van der Waals surface area contributed by atoms with Crippen LogP contribution in [0.25, 0.3) is 16.5 Å². The van der Waals surface area contributed by atoms with Crippen LogP contribution in [0.4, 0.5) is 13.2 Å². The molecule has 0 atom stereocenters. The number of fused-ring (bicyclic) bond motifs is 1. The molecule has 0 spiro atoms. The smallest absolute Gasteiger partial charge is 0.356 e. The number of hydrogen-bond donors (Lipinski definition) is 1. The minimum atomic E-state index is -4.51. The van der Waals surface area contributed by atoms with E-state index in [4.69, 9.17) is 0 Å². The van der Waals surface area contributed by atoms with Crippen molar-refractivity contribution >= 4 is 34.2 Å². The van der Waals surface area contributed by atoms with E-state index in [0.717, 1.165) is 34.7 Å². The number of Topliss-reactive ketones (excluding diaryl/α,β-unsaturated/α-hetero) is 1. The van der Waals surface area contributed by atoms with Crippen LogP contribution in [-0.2, 0) is 17.4 Å². The Balaban J connectivity index is 1.60. The summed E-state index contributed by atoms with van der Waals surface area (Å²) in [7, 11) is 0. The first-order valence-corrected chi connectivity index (χ1v) is 11.7. The first-order chi connectivity index (χ1) is 16.7. The van der Waals surface area contributed by atoms with Crippen molar-refractivity contribution in [2.45, 2.75) is 24.7 Å². The van der Waals surface area contributed by atoms with Crippen LogP contribution in [0.15, 0.2) is 71.9 Å². The molecule has 4 aromatic rings. The lowest BCUT2D eigenvalue weighted by molar-refractivity contribution is -0.137. The van der Waals surface area contributed by atoms with Crippen LogP contribution >= 0.6 is 11.8 Å². The van der Waals surface area contributed by atoms with Crippen molar-refractivity contribution in [2.24, 2.45) is 0 Å². The van der Waals surface area contributed by atoms with Gasteiger partial charge in [-0.1, -0.05) is 54.2 Å². The number of amides is 1. The largest absolute Gasteiger partial charge is 0.416 e. The van der Waals surface area contributed by atoms with E-state index in [9.17, 15) is 22.8 Å². The molecule has 4 rings (SSSR count). The van der Waals surface area contributed by atoms with E-state index >= 15 is 0 Å². The first kappa shape index (κ1) is 24.5. The molecule has 0 saturated carbocycles. The van der Waals surface area contributed by atoms with Gasteiger partial charge in [-0.3, -0.25) is 14.2 Å². The van der Waals surface area contributed by atoms with Gasteiger partial charge < -0.3 is 5.32 Å². The Morgan fingerprint density at radius 2 is 1.74 bits per heavy atom. The fourth-order valence-electron chi connectivity index (χ4n) is 3.56. The maximum atomic E-state index is 13.3. The highest BCUT2D eigenvalue weighted by Gasteiger charge is 2.31. The van der Waals surface area contributed by atoms with Gasteiger partial charge in [0.2, 0.25) is 5.91 Å². The van der Waals surface area contributed by atoms with Crippen LogP contribution in [0, 0.1) is 0 Å². The Kier molecular flexibility index (Phi) is 7.20. The van der Waals surface area contributed by atoms with Crippen molar-refractivity contribution in [3.05, 3.63) is 83.7 Å². The van der Waals surface area contributed by atoms with Gasteiger partial charge >= 0.3 is 6.18 Å². The molecule has 1 heterocycles. The molecule has 0 aliphatic carbocycles. The molecule has 180 valence electrons. The number of hydrogen-bond acceptors (Lipinski definition) is 5. The number of nitrogens with one attached hydrogen (secondary N) is 1. The molecule has 0 radical (unpaired) electrons. The molecule has 1 aromatic heterocycles. The van der Waals surface area contributed by atoms with Gasteiger partial charge in [-0.15, -0.1) is 10.2 Å². The third-order valence-electron chi connectivity index (χ3n) is 5.26. The predicted molar refractivity (Wildman–Crippen MR) is 128 cm³/mol. The molecule has 0 fully saturated rings. The van der Waals surface area contributed by atoms with E-state index in [-0.39, 0.29) is 41.3 Å². The van der Waals surface area contributed by atoms with Crippen molar-refractivity contribution in [2.75, 3.05) is 12.3 Å². The standard InChI is InChI=1S/C25H21F3N4O2S/c1-16(33)29-12-11-23-30-31-24(32(23)21-8-4-7-20(14-21)25(26,27)28)35-15-22(34)19-10-9-17-5-2-3-6-18(17)13-19/h2-10,13-14H,11-12,15H2,1H3,(H,29,33). The second kappa shape index (κ2) is 10.3. The molecule has 1 N–H and O–H groups in total. The number of nitrogens with zero attached hydrogens (tertiary/aromatic N) is 3. The zero-order valence-electron chi connectivity index (χ0n) is 18.7. The number of aromatic nitrogens is 3. The van der Waals surface area contributed by atoms with Crippen molar-refractivity contribution in [3.8, 4) is 5.69 Å². The quantitative estimate of drug-likeness (QED) is 0.270. The van der Waals surface area contributed by atoms with E-state index in [0.29, 0.717) is 11.4 Å². The average Bonchev–Trinajstić information content (AvgIpc) is 3.24. The lowest BCUT2D eigenvalue weighted by Gasteiger charge is -2.13. The third-order valence-corrected chi connectivity index (χ3v) is 6.19. The van der Waals surface area contributed by atoms with Crippen LogP contribution in [0.5, 0.6) is 0 Å². The predicted octanol–water partition coefficient (Wildman–Crippen LogP) is 5.09. The number of rotatable bonds is 8. The van der Waals surface area contributed by atoms with Gasteiger partial charge in [0.25, 0.3) is 0 Å². The topological polar surface area (TPSA) is 76.9 Å². The fraction of sp³-hybridized carbons (Fsp3) is 0.200. The van der Waals surface area contributed by atoms with Gasteiger partial charge in [-0.05, 0) is 35.0 Å². The monoisotopic (exact) mass is 498 g/mol. The van der Waals surface area contributed by atoms with Crippen molar-refractivity contribution in [1.82, 2.24) is 20.1 Å². The number of alkyl halides is 3. The summed E-state index contributed by atoms with van der Waals surface area (Å²) in [5, 5.41) is 13.1. The maximum absolute atomic E-state index is 13.3. The van der Waals surface area contributed by atoms with E-state index in [2.05, 4.69) is 15.5 Å². The molecule has 0 saturated heterocycles. The number of halogens is 3. The maximum Gasteiger partial charge on any atom is 0.416 e. The molecular formula is C25H21F3N4O2S. The Hall–Kier alpha value is -3.66. The lowest BCUT2D eigenvalue weighted by Crippen LogP contribution is -2.23. The third kappa shape index (κ3) is 5.89. The summed E-state index contributed by atoms with van der Waals surface area (Å²) in [4.78, 5) is 24.1. The molecule has 6 nitrogen and oxygen atoms in total. The van der Waals surface area contributed by atoms with Crippen molar-refractivity contribution < 1.29 is 22.8 Å². The molecule has 3 aromatic carbocycles. The summed E-state index contributed by atoms with van der Waals surface area (Å²) in [6.45, 7) is 1.62. The SMILES string of the molecule is CC(=O)NCCc1nnc(SCC(=O)c2ccc3ccccc3c2)n1-c1cccc(C(F)(F)F)c1. The van der Waals surface area contributed by atoms with Gasteiger partial charge in [0.15, 0.2) is 10.9 Å². The Morgan fingerprint density at radius 1 is 0.971 bits per heavy atom. The highest BCUT2D eigenvalue weighted by Crippen LogP contribution is 2.32. The van der Waals surface area contributed by atoms with Crippen LogP contribution in [0.2, 0.25) is 0 Å². The molecule has 0 unspecified atom stereocenters. The number of carbonyl (C=O) groups excluding carboxylic acids is 2. The van der Waals surface area contributed by atoms with E-state index in [1.54, 1.807) is 6.07 Å². The first-order valence-electron chi connectivity index (χ1n) is 10.7. The highest BCUT2D eigenvalue weighted by atomic mass is 32.2. The van der Waals surface area contributed by atoms with Gasteiger partial charge in [-0.2, -0.15) is 13.2 Å². The molecular weight excluding hydrogens is 477 g/mol. The second-order valence-electron chi connectivity index (χ2n) is 7.79. The van der Waals surface area contributed by atoms with Crippen molar-refractivity contribution in [1.29, 1.82) is 0 Å². The van der Waals surface area contributed by atoms with E-state index in [1.807, 2.05) is 36.4 Å². The lowest BCUT2D eigenvalue weighted by atomic mass is 10.1. The van der Waals surface area contributed by atoms with E-state index < -0.39 is 11.7 Å². The van der Waals surface area contributed by atoms with Crippen LogP contribution in [0.1, 0.15) is 28.7 Å². The van der Waals surface area contributed by atoms with Crippen molar-refractivity contribution in [3.63, 3.8) is 0 Å². The minimum Gasteiger partial charge on any atom is -0.356 e. The number of carbonyl (C=O) groups is 2. The summed E-state index contributed by atoms with van der Waals surface area (Å²) in [6.07, 6.45) is -4.26. The normalized spacial score (nSPS) is 11.5. The van der Waals surface area contributed by atoms with Gasteiger partial charge in [-0.25, -0.2) is 0 Å². The number of ketones is 1. The fourth-order valence-corrected chi connectivity index (χ4v) is 4.43. The van der Waals surface area contributed by atoms with Gasteiger partial charge in [0.1, 0.15) is 5.82 Å². The molecule has 0 aliphatic heterocycles. The van der Waals surface area contributed by atoms with E-state index in [1.165, 1.54) is 23.6 Å². The summed E-state index contributed by atoms with van der Waals surface area (Å²) < 4.78 is 41.4. The summed E-state index contributed by atoms with van der Waals surface area (Å²) >= 11 is 1.10. The van der Waals surface area contributed by atoms with Crippen LogP contribution in [0.3, 0.4) is 0 Å².